The summed E-state index contributed by atoms with van der Waals surface area (Å²) >= 11 is 0. The summed E-state index contributed by atoms with van der Waals surface area (Å²) in [5.74, 6) is 1.58. The molecule has 3 atom stereocenters. The molecule has 0 aromatic carbocycles. The zero-order valence-corrected chi connectivity index (χ0v) is 16.7. The lowest BCUT2D eigenvalue weighted by Gasteiger charge is -2.57. The minimum atomic E-state index is 0. The van der Waals surface area contributed by atoms with Crippen molar-refractivity contribution in [2.45, 2.75) is 50.8 Å². The third-order valence-electron chi connectivity index (χ3n) is 6.03. The summed E-state index contributed by atoms with van der Waals surface area (Å²) in [5, 5.41) is 7.75. The average molecular weight is 446 g/mol. The van der Waals surface area contributed by atoms with E-state index in [0.29, 0.717) is 30.0 Å². The van der Waals surface area contributed by atoms with Crippen molar-refractivity contribution in [3.05, 3.63) is 18.0 Å². The smallest absolute Gasteiger partial charge is 0.193 e. The van der Waals surface area contributed by atoms with Crippen molar-refractivity contribution in [2.75, 3.05) is 20.7 Å². The zero-order chi connectivity index (χ0) is 15.9. The third kappa shape index (κ3) is 2.83. The number of nitrogens with zero attached hydrogens (tertiary/aromatic N) is 3. The normalized spacial score (nSPS) is 30.6. The van der Waals surface area contributed by atoms with Crippen molar-refractivity contribution in [1.82, 2.24) is 15.4 Å². The Morgan fingerprint density at radius 2 is 2.25 bits per heavy atom. The Labute approximate surface area is 160 Å². The molecule has 0 bridgehead atoms. The molecule has 1 aromatic heterocycles. The van der Waals surface area contributed by atoms with Crippen LogP contribution in [-0.2, 0) is 11.3 Å². The van der Waals surface area contributed by atoms with Gasteiger partial charge in [-0.3, -0.25) is 4.99 Å². The fourth-order valence-electron chi connectivity index (χ4n) is 5.03. The molecule has 3 fully saturated rings. The summed E-state index contributed by atoms with van der Waals surface area (Å²) in [6.45, 7) is 1.61. The number of halogens is 1. The van der Waals surface area contributed by atoms with Gasteiger partial charge in [0.2, 0.25) is 0 Å². The lowest BCUT2D eigenvalue weighted by Crippen LogP contribution is -2.69. The van der Waals surface area contributed by atoms with Gasteiger partial charge in [0.1, 0.15) is 12.0 Å². The fraction of sp³-hybridized carbons (Fsp3) is 0.765. The van der Waals surface area contributed by atoms with Gasteiger partial charge in [-0.2, -0.15) is 0 Å². The molecule has 0 radical (unpaired) electrons. The number of aromatic nitrogens is 1. The minimum absolute atomic E-state index is 0. The maximum Gasteiger partial charge on any atom is 0.193 e. The Balaban J connectivity index is 0.00000169. The number of fused-ring (bicyclic) bond motifs is 2. The molecule has 6 nitrogen and oxygen atoms in total. The highest BCUT2D eigenvalue weighted by Crippen LogP contribution is 2.60. The van der Waals surface area contributed by atoms with Crippen LogP contribution in [0.3, 0.4) is 0 Å². The van der Waals surface area contributed by atoms with E-state index in [1.807, 2.05) is 20.2 Å². The van der Waals surface area contributed by atoms with Gasteiger partial charge in [-0.05, 0) is 19.3 Å². The van der Waals surface area contributed by atoms with E-state index in [1.54, 1.807) is 6.26 Å². The Kier molecular flexibility index (Phi) is 5.39. The summed E-state index contributed by atoms with van der Waals surface area (Å²) < 4.78 is 11.0. The Morgan fingerprint density at radius 1 is 1.46 bits per heavy atom. The summed E-state index contributed by atoms with van der Waals surface area (Å²) in [4.78, 5) is 6.61. The monoisotopic (exact) mass is 446 g/mol. The standard InChI is InChI=1S/C17H26N4O2.HI/c1-18-16(21(2)11-12-5-10-23-20-12)19-14-13-6-9-22-15(13)17(14)7-3-4-8-17;/h5,10,13-15H,3-4,6-9,11H2,1-2H3,(H,18,19);1H. The second-order valence-electron chi connectivity index (χ2n) is 7.20. The molecule has 2 aliphatic carbocycles. The number of hydrogen-bond donors (Lipinski definition) is 1. The lowest BCUT2D eigenvalue weighted by atomic mass is 9.54. The van der Waals surface area contributed by atoms with Crippen molar-refractivity contribution in [3.63, 3.8) is 0 Å². The van der Waals surface area contributed by atoms with E-state index in [0.717, 1.165) is 18.3 Å². The molecule has 2 saturated carbocycles. The predicted octanol–water partition coefficient (Wildman–Crippen LogP) is 2.65. The Bertz CT molecular complexity index is 571. The molecule has 1 aliphatic heterocycles. The third-order valence-corrected chi connectivity index (χ3v) is 6.03. The van der Waals surface area contributed by atoms with Crippen molar-refractivity contribution in [3.8, 4) is 0 Å². The van der Waals surface area contributed by atoms with Gasteiger partial charge in [0.05, 0.1) is 12.6 Å². The first-order chi connectivity index (χ1) is 11.2. The van der Waals surface area contributed by atoms with E-state index in [1.165, 1.54) is 32.1 Å². The summed E-state index contributed by atoms with van der Waals surface area (Å²) in [7, 11) is 3.90. The lowest BCUT2D eigenvalue weighted by molar-refractivity contribution is -0.125. The minimum Gasteiger partial charge on any atom is -0.377 e. The molecule has 1 spiro atoms. The van der Waals surface area contributed by atoms with Crippen LogP contribution in [0.1, 0.15) is 37.8 Å². The van der Waals surface area contributed by atoms with Gasteiger partial charge in [0.25, 0.3) is 0 Å². The van der Waals surface area contributed by atoms with Crippen LogP contribution in [0.5, 0.6) is 0 Å². The van der Waals surface area contributed by atoms with E-state index in [-0.39, 0.29) is 24.0 Å². The molecule has 134 valence electrons. The van der Waals surface area contributed by atoms with E-state index in [4.69, 9.17) is 9.26 Å². The highest BCUT2D eigenvalue weighted by atomic mass is 127. The first-order valence-electron chi connectivity index (χ1n) is 8.70. The second kappa shape index (κ2) is 7.19. The molecule has 4 rings (SSSR count). The first kappa shape index (κ1) is 18.0. The molecular weight excluding hydrogens is 419 g/mol. The molecule has 3 aliphatic rings. The van der Waals surface area contributed by atoms with E-state index < -0.39 is 0 Å². The van der Waals surface area contributed by atoms with Crippen LogP contribution in [0.4, 0.5) is 0 Å². The molecule has 3 unspecified atom stereocenters. The van der Waals surface area contributed by atoms with E-state index >= 15 is 0 Å². The molecule has 2 heterocycles. The van der Waals surface area contributed by atoms with Crippen molar-refractivity contribution < 1.29 is 9.26 Å². The van der Waals surface area contributed by atoms with Crippen LogP contribution in [-0.4, -0.2) is 48.9 Å². The molecule has 7 heteroatoms. The topological polar surface area (TPSA) is 62.9 Å². The largest absolute Gasteiger partial charge is 0.377 e. The van der Waals surface area contributed by atoms with Gasteiger partial charge in [0, 0.05) is 44.1 Å². The molecule has 1 N–H and O–H groups in total. The molecule has 24 heavy (non-hydrogen) atoms. The maximum absolute atomic E-state index is 6.06. The molecule has 1 saturated heterocycles. The van der Waals surface area contributed by atoms with Crippen LogP contribution >= 0.6 is 24.0 Å². The van der Waals surface area contributed by atoms with Crippen LogP contribution < -0.4 is 5.32 Å². The van der Waals surface area contributed by atoms with E-state index in [9.17, 15) is 0 Å². The summed E-state index contributed by atoms with van der Waals surface area (Å²) in [6.07, 6.45) is 8.50. The van der Waals surface area contributed by atoms with Gasteiger partial charge < -0.3 is 19.5 Å². The van der Waals surface area contributed by atoms with Crippen molar-refractivity contribution in [1.29, 1.82) is 0 Å². The van der Waals surface area contributed by atoms with Crippen LogP contribution in [0.15, 0.2) is 21.8 Å². The Hall–Kier alpha value is -0.830. The number of guanidine groups is 1. The van der Waals surface area contributed by atoms with Gasteiger partial charge in [-0.15, -0.1) is 24.0 Å². The first-order valence-corrected chi connectivity index (χ1v) is 8.70. The number of aliphatic imine (C=N–C) groups is 1. The van der Waals surface area contributed by atoms with Crippen molar-refractivity contribution >= 4 is 29.9 Å². The maximum atomic E-state index is 6.06. The fourth-order valence-corrected chi connectivity index (χ4v) is 5.03. The second-order valence-corrected chi connectivity index (χ2v) is 7.20. The van der Waals surface area contributed by atoms with Crippen LogP contribution in [0.25, 0.3) is 0 Å². The number of nitrogens with one attached hydrogen (secondary N) is 1. The summed E-state index contributed by atoms with van der Waals surface area (Å²) in [5.41, 5.74) is 1.26. The van der Waals surface area contributed by atoms with Gasteiger partial charge in [-0.1, -0.05) is 18.0 Å². The molecule has 1 aromatic rings. The summed E-state index contributed by atoms with van der Waals surface area (Å²) in [6, 6.07) is 2.39. The number of ether oxygens (including phenoxy) is 1. The molecular formula is C17H27IN4O2. The van der Waals surface area contributed by atoms with Gasteiger partial charge in [-0.25, -0.2) is 0 Å². The zero-order valence-electron chi connectivity index (χ0n) is 14.4. The highest BCUT2D eigenvalue weighted by Gasteiger charge is 2.65. The molecule has 0 amide bonds. The van der Waals surface area contributed by atoms with Crippen molar-refractivity contribution in [2.24, 2.45) is 16.3 Å². The van der Waals surface area contributed by atoms with Gasteiger partial charge in [0.15, 0.2) is 5.96 Å². The van der Waals surface area contributed by atoms with Crippen LogP contribution in [0, 0.1) is 11.3 Å². The highest BCUT2D eigenvalue weighted by molar-refractivity contribution is 14.0. The number of rotatable bonds is 3. The number of hydrogen-bond acceptors (Lipinski definition) is 4. The Morgan fingerprint density at radius 3 is 2.92 bits per heavy atom. The van der Waals surface area contributed by atoms with Gasteiger partial charge >= 0.3 is 0 Å². The predicted molar refractivity (Wildman–Crippen MR) is 102 cm³/mol. The SMILES string of the molecule is CN=C(NC1C2CCOC2C12CCCC2)N(C)Cc1ccon1.I. The average Bonchev–Trinajstić information content (AvgIpc) is 3.28. The van der Waals surface area contributed by atoms with Crippen LogP contribution in [0.2, 0.25) is 0 Å². The van der Waals surface area contributed by atoms with E-state index in [2.05, 4.69) is 20.4 Å². The quantitative estimate of drug-likeness (QED) is 0.440.